The number of carbonyl (C=O) groups is 1. The summed E-state index contributed by atoms with van der Waals surface area (Å²) >= 11 is 5.73. The predicted octanol–water partition coefficient (Wildman–Crippen LogP) is 1.23. The smallest absolute Gasteiger partial charge is 0.260 e. The van der Waals surface area contributed by atoms with E-state index in [1.54, 1.807) is 4.90 Å². The second kappa shape index (κ2) is 6.92. The van der Waals surface area contributed by atoms with E-state index in [9.17, 15) is 13.2 Å². The third kappa shape index (κ3) is 4.36. The summed E-state index contributed by atoms with van der Waals surface area (Å²) in [5.41, 5.74) is 0. The van der Waals surface area contributed by atoms with Crippen LogP contribution in [0.3, 0.4) is 0 Å². The van der Waals surface area contributed by atoms with Crippen LogP contribution in [-0.4, -0.2) is 38.9 Å². The number of amides is 1. The van der Waals surface area contributed by atoms with Gasteiger partial charge in [-0.05, 0) is 32.0 Å². The van der Waals surface area contributed by atoms with Crippen LogP contribution in [0.25, 0.3) is 0 Å². The van der Waals surface area contributed by atoms with E-state index in [1.807, 2.05) is 13.8 Å². The van der Waals surface area contributed by atoms with Gasteiger partial charge < -0.3 is 9.64 Å². The van der Waals surface area contributed by atoms with Gasteiger partial charge in [-0.25, -0.2) is 13.6 Å². The average molecular weight is 321 g/mol. The molecule has 0 saturated carbocycles. The van der Waals surface area contributed by atoms with Crippen LogP contribution in [0.5, 0.6) is 5.75 Å². The van der Waals surface area contributed by atoms with Gasteiger partial charge >= 0.3 is 0 Å². The van der Waals surface area contributed by atoms with E-state index in [-0.39, 0.29) is 28.2 Å². The minimum absolute atomic E-state index is 0.0115. The lowest BCUT2D eigenvalue weighted by Gasteiger charge is -2.19. The largest absolute Gasteiger partial charge is 0.482 e. The predicted molar refractivity (Wildman–Crippen MR) is 76.2 cm³/mol. The molecule has 1 aromatic rings. The summed E-state index contributed by atoms with van der Waals surface area (Å²) in [7, 11) is -3.97. The van der Waals surface area contributed by atoms with Crippen LogP contribution in [0, 0.1) is 0 Å². The van der Waals surface area contributed by atoms with Crippen molar-refractivity contribution in [2.24, 2.45) is 5.14 Å². The molecule has 6 nitrogen and oxygen atoms in total. The molecule has 8 heteroatoms. The molecule has 0 aliphatic carbocycles. The average Bonchev–Trinajstić information content (AvgIpc) is 2.37. The summed E-state index contributed by atoms with van der Waals surface area (Å²) in [6.45, 7) is 4.55. The molecule has 1 aromatic carbocycles. The van der Waals surface area contributed by atoms with E-state index >= 15 is 0 Å². The zero-order valence-electron chi connectivity index (χ0n) is 11.3. The third-order valence-corrected chi connectivity index (χ3v) is 3.85. The first-order valence-electron chi connectivity index (χ1n) is 6.02. The molecule has 0 bridgehead atoms. The fraction of sp³-hybridized carbons (Fsp3) is 0.417. The molecule has 1 amide bonds. The number of rotatable bonds is 6. The number of hydrogen-bond acceptors (Lipinski definition) is 4. The molecule has 0 aliphatic heterocycles. The maximum Gasteiger partial charge on any atom is 0.260 e. The highest BCUT2D eigenvalue weighted by Gasteiger charge is 2.18. The highest BCUT2D eigenvalue weighted by atomic mass is 35.5. The van der Waals surface area contributed by atoms with E-state index in [2.05, 4.69) is 0 Å². The molecule has 0 aromatic heterocycles. The van der Waals surface area contributed by atoms with Gasteiger partial charge in [-0.3, -0.25) is 4.79 Å². The fourth-order valence-electron chi connectivity index (χ4n) is 1.63. The van der Waals surface area contributed by atoms with Crippen molar-refractivity contribution in [3.63, 3.8) is 0 Å². The van der Waals surface area contributed by atoms with Crippen LogP contribution < -0.4 is 9.88 Å². The first-order chi connectivity index (χ1) is 9.29. The highest BCUT2D eigenvalue weighted by molar-refractivity contribution is 7.89. The van der Waals surface area contributed by atoms with Gasteiger partial charge in [0.15, 0.2) is 6.61 Å². The number of nitrogens with zero attached hydrogens (tertiary/aromatic N) is 1. The first kappa shape index (κ1) is 16.7. The Labute approximate surface area is 123 Å². The number of carbonyl (C=O) groups excluding carboxylic acids is 1. The number of benzene rings is 1. The maximum atomic E-state index is 11.8. The molecule has 20 heavy (non-hydrogen) atoms. The van der Waals surface area contributed by atoms with Gasteiger partial charge in [0.25, 0.3) is 5.91 Å². The van der Waals surface area contributed by atoms with Crippen molar-refractivity contribution in [3.8, 4) is 5.75 Å². The molecule has 0 atom stereocenters. The van der Waals surface area contributed by atoms with Gasteiger partial charge in [0, 0.05) is 18.1 Å². The molecule has 0 saturated heterocycles. The van der Waals surface area contributed by atoms with Crippen molar-refractivity contribution < 1.29 is 17.9 Å². The monoisotopic (exact) mass is 320 g/mol. The molecular formula is C12H17ClN2O4S. The molecule has 0 radical (unpaired) electrons. The molecule has 112 valence electrons. The molecule has 0 spiro atoms. The molecule has 0 heterocycles. The van der Waals surface area contributed by atoms with E-state index in [4.69, 9.17) is 21.5 Å². The quantitative estimate of drug-likeness (QED) is 0.853. The van der Waals surface area contributed by atoms with Gasteiger partial charge in [-0.2, -0.15) is 0 Å². The van der Waals surface area contributed by atoms with Crippen LogP contribution in [-0.2, 0) is 14.8 Å². The number of sulfonamides is 1. The molecular weight excluding hydrogens is 304 g/mol. The summed E-state index contributed by atoms with van der Waals surface area (Å²) in [4.78, 5) is 13.1. The van der Waals surface area contributed by atoms with Gasteiger partial charge in [0.05, 0.1) is 0 Å². The summed E-state index contributed by atoms with van der Waals surface area (Å²) < 4.78 is 28.1. The van der Waals surface area contributed by atoms with Gasteiger partial charge in [-0.1, -0.05) is 11.6 Å². The SMILES string of the molecule is CCN(CC)C(=O)COc1ccc(Cl)cc1S(N)(=O)=O. The highest BCUT2D eigenvalue weighted by Crippen LogP contribution is 2.26. The van der Waals surface area contributed by atoms with E-state index < -0.39 is 10.0 Å². The topological polar surface area (TPSA) is 89.7 Å². The zero-order chi connectivity index (χ0) is 15.3. The third-order valence-electron chi connectivity index (χ3n) is 2.68. The van der Waals surface area contributed by atoms with E-state index in [1.165, 1.54) is 18.2 Å². The van der Waals surface area contributed by atoms with E-state index in [0.717, 1.165) is 0 Å². The zero-order valence-corrected chi connectivity index (χ0v) is 12.9. The Bertz CT molecular complexity index is 585. The number of primary sulfonamides is 1. The van der Waals surface area contributed by atoms with Crippen molar-refractivity contribution in [1.82, 2.24) is 4.90 Å². The second-order valence-corrected chi connectivity index (χ2v) is 5.96. The normalized spacial score (nSPS) is 11.2. The Hall–Kier alpha value is -1.31. The van der Waals surface area contributed by atoms with Crippen molar-refractivity contribution >= 4 is 27.5 Å². The lowest BCUT2D eigenvalue weighted by atomic mass is 10.3. The van der Waals surface area contributed by atoms with Gasteiger partial charge in [-0.15, -0.1) is 0 Å². The Morgan fingerprint density at radius 2 is 1.95 bits per heavy atom. The summed E-state index contributed by atoms with van der Waals surface area (Å²) in [5.74, 6) is -0.220. The number of nitrogens with two attached hydrogens (primary N) is 1. The number of likely N-dealkylation sites (N-methyl/N-ethyl adjacent to an activating group) is 1. The summed E-state index contributed by atoms with van der Waals surface area (Å²) in [6.07, 6.45) is 0. The molecule has 1 rings (SSSR count). The molecule has 0 unspecified atom stereocenters. The maximum absolute atomic E-state index is 11.8. The summed E-state index contributed by atoms with van der Waals surface area (Å²) in [5, 5.41) is 5.30. The fourth-order valence-corrected chi connectivity index (χ4v) is 2.57. The van der Waals surface area contributed by atoms with Crippen molar-refractivity contribution in [1.29, 1.82) is 0 Å². The Kier molecular flexibility index (Phi) is 5.79. The molecule has 0 fully saturated rings. The minimum Gasteiger partial charge on any atom is -0.482 e. The summed E-state index contributed by atoms with van der Waals surface area (Å²) in [6, 6.07) is 4.03. The molecule has 2 N–H and O–H groups in total. The van der Waals surface area contributed by atoms with Gasteiger partial charge in [0.2, 0.25) is 10.0 Å². The van der Waals surface area contributed by atoms with Crippen LogP contribution in [0.15, 0.2) is 23.1 Å². The lowest BCUT2D eigenvalue weighted by Crippen LogP contribution is -2.34. The standard InChI is InChI=1S/C12H17ClN2O4S/c1-3-15(4-2)12(16)8-19-10-6-5-9(13)7-11(10)20(14,17)18/h5-7H,3-4,8H2,1-2H3,(H2,14,17,18). The Morgan fingerprint density at radius 3 is 2.45 bits per heavy atom. The van der Waals surface area contributed by atoms with Crippen molar-refractivity contribution in [2.45, 2.75) is 18.7 Å². The van der Waals surface area contributed by atoms with Crippen LogP contribution in [0.1, 0.15) is 13.8 Å². The number of hydrogen-bond donors (Lipinski definition) is 1. The Balaban J connectivity index is 2.91. The number of ether oxygens (including phenoxy) is 1. The van der Waals surface area contributed by atoms with Crippen molar-refractivity contribution in [2.75, 3.05) is 19.7 Å². The lowest BCUT2D eigenvalue weighted by molar-refractivity contribution is -0.133. The van der Waals surface area contributed by atoms with Crippen LogP contribution >= 0.6 is 11.6 Å². The first-order valence-corrected chi connectivity index (χ1v) is 7.95. The minimum atomic E-state index is -3.97. The second-order valence-electron chi connectivity index (χ2n) is 3.99. The number of halogens is 1. The van der Waals surface area contributed by atoms with Gasteiger partial charge in [0.1, 0.15) is 10.6 Å². The van der Waals surface area contributed by atoms with Crippen LogP contribution in [0.2, 0.25) is 5.02 Å². The Morgan fingerprint density at radius 1 is 1.35 bits per heavy atom. The van der Waals surface area contributed by atoms with E-state index in [0.29, 0.717) is 13.1 Å². The van der Waals surface area contributed by atoms with Crippen molar-refractivity contribution in [3.05, 3.63) is 23.2 Å². The molecule has 0 aliphatic rings. The van der Waals surface area contributed by atoms with Crippen LogP contribution in [0.4, 0.5) is 0 Å².